The second-order valence-corrected chi connectivity index (χ2v) is 9.47. The van der Waals surface area contributed by atoms with Gasteiger partial charge in [0.1, 0.15) is 5.82 Å². The number of aromatic nitrogens is 2. The van der Waals surface area contributed by atoms with Crippen molar-refractivity contribution < 1.29 is 4.79 Å². The zero-order chi connectivity index (χ0) is 23.9. The molecule has 2 heterocycles. The molecule has 0 radical (unpaired) electrons. The summed E-state index contributed by atoms with van der Waals surface area (Å²) in [7, 11) is 0. The van der Waals surface area contributed by atoms with Crippen molar-refractivity contribution in [3.63, 3.8) is 0 Å². The molecule has 0 aliphatic carbocycles. The topological polar surface area (TPSA) is 55.2 Å². The molecule has 34 heavy (non-hydrogen) atoms. The van der Waals surface area contributed by atoms with E-state index in [4.69, 9.17) is 4.98 Å². The molecule has 0 N–H and O–H groups in total. The minimum Gasteiger partial charge on any atom is -0.332 e. The number of para-hydroxylation sites is 2. The fraction of sp³-hybridized carbons (Fsp3) is 0.321. The molecular weight excluding hydrogens is 442 g/mol. The van der Waals surface area contributed by atoms with E-state index in [0.717, 1.165) is 29.8 Å². The first-order chi connectivity index (χ1) is 16.6. The Morgan fingerprint density at radius 3 is 2.47 bits per heavy atom. The lowest BCUT2D eigenvalue weighted by atomic mass is 10.1. The SMILES string of the molecule is CCCCCN(C(=O)Cc1cccs1)C(CC)c1nc2ccccc2c(=O)n1-c1ccccc1. The van der Waals surface area contributed by atoms with Gasteiger partial charge in [-0.1, -0.05) is 63.1 Å². The van der Waals surface area contributed by atoms with Crippen molar-refractivity contribution in [1.29, 1.82) is 0 Å². The van der Waals surface area contributed by atoms with Gasteiger partial charge >= 0.3 is 0 Å². The van der Waals surface area contributed by atoms with Crippen LogP contribution in [0.5, 0.6) is 0 Å². The average molecular weight is 474 g/mol. The minimum atomic E-state index is -0.304. The summed E-state index contributed by atoms with van der Waals surface area (Å²) in [4.78, 5) is 35.3. The van der Waals surface area contributed by atoms with Crippen molar-refractivity contribution in [2.45, 2.75) is 52.0 Å². The molecule has 1 amide bonds. The molecule has 2 aromatic heterocycles. The van der Waals surface area contributed by atoms with Gasteiger partial charge in [0.05, 0.1) is 29.1 Å². The lowest BCUT2D eigenvalue weighted by molar-refractivity contribution is -0.133. The molecule has 6 heteroatoms. The number of rotatable bonds is 10. The Hall–Kier alpha value is -3.25. The second-order valence-electron chi connectivity index (χ2n) is 8.44. The van der Waals surface area contributed by atoms with E-state index in [9.17, 15) is 9.59 Å². The first-order valence-corrected chi connectivity index (χ1v) is 12.9. The van der Waals surface area contributed by atoms with Gasteiger partial charge in [0.15, 0.2) is 0 Å². The third-order valence-corrected chi connectivity index (χ3v) is 6.98. The van der Waals surface area contributed by atoms with Crippen LogP contribution in [0.4, 0.5) is 0 Å². The van der Waals surface area contributed by atoms with Gasteiger partial charge in [-0.15, -0.1) is 11.3 Å². The quantitative estimate of drug-likeness (QED) is 0.259. The molecule has 0 saturated carbocycles. The number of fused-ring (bicyclic) bond motifs is 1. The Bertz CT molecular complexity index is 1280. The Morgan fingerprint density at radius 2 is 1.76 bits per heavy atom. The van der Waals surface area contributed by atoms with Crippen molar-refractivity contribution in [3.05, 3.63) is 93.2 Å². The minimum absolute atomic E-state index is 0.0763. The summed E-state index contributed by atoms with van der Waals surface area (Å²) in [6.07, 6.45) is 4.08. The number of thiophene rings is 1. The van der Waals surface area contributed by atoms with Crippen molar-refractivity contribution in [2.75, 3.05) is 6.54 Å². The van der Waals surface area contributed by atoms with Gasteiger partial charge < -0.3 is 4.90 Å². The molecule has 0 bridgehead atoms. The van der Waals surface area contributed by atoms with Crippen molar-refractivity contribution >= 4 is 28.1 Å². The first-order valence-electron chi connectivity index (χ1n) is 12.0. The summed E-state index contributed by atoms with van der Waals surface area (Å²) in [6, 6.07) is 20.7. The lowest BCUT2D eigenvalue weighted by Crippen LogP contribution is -2.39. The summed E-state index contributed by atoms with van der Waals surface area (Å²) >= 11 is 1.60. The number of nitrogens with zero attached hydrogens (tertiary/aromatic N) is 3. The van der Waals surface area contributed by atoms with Crippen LogP contribution in [-0.2, 0) is 11.2 Å². The van der Waals surface area contributed by atoms with Crippen molar-refractivity contribution in [2.24, 2.45) is 0 Å². The van der Waals surface area contributed by atoms with E-state index in [1.54, 1.807) is 15.9 Å². The second kappa shape index (κ2) is 11.3. The van der Waals surface area contributed by atoms with E-state index < -0.39 is 0 Å². The van der Waals surface area contributed by atoms with Crippen LogP contribution in [0, 0.1) is 0 Å². The zero-order valence-corrected chi connectivity index (χ0v) is 20.6. The third kappa shape index (κ3) is 5.12. The van der Waals surface area contributed by atoms with Gasteiger partial charge in [0.2, 0.25) is 5.91 Å². The number of hydrogen-bond acceptors (Lipinski definition) is 4. The monoisotopic (exact) mass is 473 g/mol. The number of carbonyl (C=O) groups excluding carboxylic acids is 1. The van der Waals surface area contributed by atoms with E-state index in [1.807, 2.05) is 77.0 Å². The van der Waals surface area contributed by atoms with Gasteiger partial charge in [-0.2, -0.15) is 0 Å². The van der Waals surface area contributed by atoms with E-state index in [1.165, 1.54) is 0 Å². The molecule has 5 nitrogen and oxygen atoms in total. The highest BCUT2D eigenvalue weighted by atomic mass is 32.1. The maximum absolute atomic E-state index is 13.7. The van der Waals surface area contributed by atoms with E-state index in [2.05, 4.69) is 13.8 Å². The first kappa shape index (κ1) is 23.9. The fourth-order valence-electron chi connectivity index (χ4n) is 4.39. The molecule has 0 spiro atoms. The maximum atomic E-state index is 13.7. The predicted octanol–water partition coefficient (Wildman–Crippen LogP) is 6.16. The van der Waals surface area contributed by atoms with Crippen LogP contribution in [0.2, 0.25) is 0 Å². The smallest absolute Gasteiger partial charge is 0.266 e. The molecule has 0 fully saturated rings. The predicted molar refractivity (Wildman–Crippen MR) is 140 cm³/mol. The molecule has 4 aromatic rings. The molecule has 1 unspecified atom stereocenters. The lowest BCUT2D eigenvalue weighted by Gasteiger charge is -2.32. The molecule has 2 aromatic carbocycles. The number of unbranched alkanes of at least 4 members (excludes halogenated alkanes) is 2. The van der Waals surface area contributed by atoms with Crippen LogP contribution >= 0.6 is 11.3 Å². The third-order valence-electron chi connectivity index (χ3n) is 6.11. The van der Waals surface area contributed by atoms with Gasteiger partial charge in [0, 0.05) is 11.4 Å². The highest BCUT2D eigenvalue weighted by molar-refractivity contribution is 7.10. The van der Waals surface area contributed by atoms with E-state index >= 15 is 0 Å². The number of amides is 1. The maximum Gasteiger partial charge on any atom is 0.266 e. The Morgan fingerprint density at radius 1 is 1.00 bits per heavy atom. The molecular formula is C28H31N3O2S. The van der Waals surface area contributed by atoms with Crippen LogP contribution in [0.15, 0.2) is 76.9 Å². The van der Waals surface area contributed by atoms with E-state index in [-0.39, 0.29) is 17.5 Å². The van der Waals surface area contributed by atoms with Crippen LogP contribution in [0.25, 0.3) is 16.6 Å². The molecule has 176 valence electrons. The summed E-state index contributed by atoms with van der Waals surface area (Å²) in [5, 5.41) is 2.58. The highest BCUT2D eigenvalue weighted by Gasteiger charge is 2.29. The van der Waals surface area contributed by atoms with E-state index in [0.29, 0.717) is 36.1 Å². The van der Waals surface area contributed by atoms with Gasteiger partial charge in [-0.3, -0.25) is 14.2 Å². The van der Waals surface area contributed by atoms with Gasteiger partial charge in [-0.05, 0) is 48.6 Å². The molecule has 4 rings (SSSR count). The van der Waals surface area contributed by atoms with Gasteiger partial charge in [0.25, 0.3) is 5.56 Å². The molecule has 0 aliphatic heterocycles. The number of benzene rings is 2. The Kier molecular flexibility index (Phi) is 7.91. The van der Waals surface area contributed by atoms with Crippen LogP contribution in [0.3, 0.4) is 0 Å². The average Bonchev–Trinajstić information content (AvgIpc) is 3.37. The summed E-state index contributed by atoms with van der Waals surface area (Å²) in [6.45, 7) is 4.87. The Balaban J connectivity index is 1.85. The fourth-order valence-corrected chi connectivity index (χ4v) is 5.09. The molecule has 1 atom stereocenters. The van der Waals surface area contributed by atoms with Gasteiger partial charge in [-0.25, -0.2) is 4.98 Å². The summed E-state index contributed by atoms with van der Waals surface area (Å²) < 4.78 is 1.70. The van der Waals surface area contributed by atoms with Crippen molar-refractivity contribution in [3.8, 4) is 5.69 Å². The standard InChI is InChI=1S/C28H31N3O2S/c1-3-5-11-18-30(26(32)20-22-15-12-19-34-22)25(4-2)27-29-24-17-10-9-16-23(24)28(33)31(27)21-13-7-6-8-14-21/h6-10,12-17,19,25H,3-5,11,18,20H2,1-2H3. The number of carbonyl (C=O) groups is 1. The Labute approximate surface area is 204 Å². The number of hydrogen-bond donors (Lipinski definition) is 0. The largest absolute Gasteiger partial charge is 0.332 e. The summed E-state index contributed by atoms with van der Waals surface area (Å²) in [5.41, 5.74) is 1.32. The van der Waals surface area contributed by atoms with Crippen LogP contribution < -0.4 is 5.56 Å². The highest BCUT2D eigenvalue weighted by Crippen LogP contribution is 2.27. The zero-order valence-electron chi connectivity index (χ0n) is 19.8. The molecule has 0 aliphatic rings. The normalized spacial score (nSPS) is 12.1. The van der Waals surface area contributed by atoms with Crippen LogP contribution in [0.1, 0.15) is 56.3 Å². The summed E-state index contributed by atoms with van der Waals surface area (Å²) in [5.74, 6) is 0.695. The molecule has 0 saturated heterocycles. The van der Waals surface area contributed by atoms with Crippen LogP contribution in [-0.4, -0.2) is 26.9 Å². The van der Waals surface area contributed by atoms with Crippen molar-refractivity contribution in [1.82, 2.24) is 14.5 Å².